The molecule has 4 aliphatic heterocycles. The number of nitrogens with one attached hydrogen (secondary N) is 3. The van der Waals surface area contributed by atoms with Crippen LogP contribution in [0.2, 0.25) is 0 Å². The highest BCUT2D eigenvalue weighted by Gasteiger charge is 2.35. The van der Waals surface area contributed by atoms with Gasteiger partial charge in [-0.1, -0.05) is 6.08 Å². The Morgan fingerprint density at radius 2 is 2.13 bits per heavy atom. The lowest BCUT2D eigenvalue weighted by Crippen LogP contribution is -2.57. The number of dihydropyridines is 1. The predicted octanol–water partition coefficient (Wildman–Crippen LogP) is 1.63. The third-order valence-corrected chi connectivity index (χ3v) is 5.12. The van der Waals surface area contributed by atoms with Gasteiger partial charge in [-0.2, -0.15) is 0 Å². The Balaban J connectivity index is 1.45. The second-order valence-electron chi connectivity index (χ2n) is 6.58. The van der Waals surface area contributed by atoms with Crippen molar-refractivity contribution in [3.8, 4) is 0 Å². The number of allylic oxidation sites excluding steroid dienone is 2. The molecule has 1 aromatic rings. The average Bonchev–Trinajstić information content (AvgIpc) is 3.08. The second kappa shape index (κ2) is 5.53. The minimum Gasteiger partial charge on any atom is -0.352 e. The van der Waals surface area contributed by atoms with Crippen molar-refractivity contribution in [2.45, 2.75) is 24.7 Å². The zero-order chi connectivity index (χ0) is 15.9. The number of carbonyl (C=O) groups excluding carboxylic acids is 1. The van der Waals surface area contributed by atoms with Crippen molar-refractivity contribution in [1.29, 1.82) is 0 Å². The van der Waals surface area contributed by atoms with Crippen LogP contribution in [0.5, 0.6) is 0 Å². The molecule has 1 aromatic heterocycles. The van der Waals surface area contributed by atoms with Crippen LogP contribution in [-0.2, 0) is 5.79 Å². The van der Waals surface area contributed by atoms with Gasteiger partial charge in [0.15, 0.2) is 0 Å². The number of carbonyl (C=O) groups is 1. The Morgan fingerprint density at radius 1 is 1.30 bits per heavy atom. The van der Waals surface area contributed by atoms with E-state index in [1.807, 2.05) is 0 Å². The maximum atomic E-state index is 14.7. The number of alkyl halides is 1. The van der Waals surface area contributed by atoms with E-state index in [1.54, 1.807) is 30.5 Å². The van der Waals surface area contributed by atoms with E-state index in [2.05, 4.69) is 20.5 Å². The molecule has 2 bridgehead atoms. The molecule has 3 fully saturated rings. The van der Waals surface area contributed by atoms with Crippen molar-refractivity contribution < 1.29 is 9.18 Å². The van der Waals surface area contributed by atoms with Crippen molar-refractivity contribution in [2.75, 3.05) is 19.6 Å². The lowest BCUT2D eigenvalue weighted by Gasteiger charge is -2.44. The fourth-order valence-corrected chi connectivity index (χ4v) is 3.74. The van der Waals surface area contributed by atoms with Gasteiger partial charge in [-0.25, -0.2) is 4.39 Å². The molecule has 0 spiro atoms. The van der Waals surface area contributed by atoms with Gasteiger partial charge in [0, 0.05) is 12.6 Å². The standard InChI is InChI=1S/C17H21FN4O/c18-17(7-1-2-8-19-17)15-4-3-13(20-15)16(23)21-14-11-22-9-5-12(14)6-10-22/h1-4,7-8,12,14,19-20H,5-6,9-11H2,(H,21,23)/t14-,17?/m0/s1. The van der Waals surface area contributed by atoms with Crippen LogP contribution in [0.3, 0.4) is 0 Å². The van der Waals surface area contributed by atoms with Crippen LogP contribution in [0.1, 0.15) is 29.0 Å². The predicted molar refractivity (Wildman–Crippen MR) is 85.4 cm³/mol. The molecule has 3 saturated heterocycles. The first-order valence-corrected chi connectivity index (χ1v) is 8.18. The number of aromatic nitrogens is 1. The molecule has 3 N–H and O–H groups in total. The Kier molecular flexibility index (Phi) is 3.49. The fraction of sp³-hybridized carbons (Fsp3) is 0.471. The molecule has 1 amide bonds. The van der Waals surface area contributed by atoms with Gasteiger partial charge in [0.05, 0.1) is 5.69 Å². The van der Waals surface area contributed by atoms with Crippen LogP contribution in [0.4, 0.5) is 4.39 Å². The van der Waals surface area contributed by atoms with Crippen LogP contribution >= 0.6 is 0 Å². The van der Waals surface area contributed by atoms with E-state index in [1.165, 1.54) is 6.08 Å². The number of H-pyrrole nitrogens is 1. The zero-order valence-corrected chi connectivity index (χ0v) is 12.9. The Morgan fingerprint density at radius 3 is 2.78 bits per heavy atom. The third kappa shape index (κ3) is 2.67. The molecule has 122 valence electrons. The summed E-state index contributed by atoms with van der Waals surface area (Å²) in [6.45, 7) is 3.20. The maximum absolute atomic E-state index is 14.7. The van der Waals surface area contributed by atoms with Crippen LogP contribution < -0.4 is 10.6 Å². The Bertz CT molecular complexity index is 659. The van der Waals surface area contributed by atoms with Crippen molar-refractivity contribution in [3.63, 3.8) is 0 Å². The topological polar surface area (TPSA) is 60.2 Å². The molecule has 5 rings (SSSR count). The van der Waals surface area contributed by atoms with Crippen molar-refractivity contribution in [2.24, 2.45) is 5.92 Å². The fourth-order valence-electron chi connectivity index (χ4n) is 3.74. The first-order valence-electron chi connectivity index (χ1n) is 8.18. The molecule has 0 saturated carbocycles. The van der Waals surface area contributed by atoms with Crippen LogP contribution in [-0.4, -0.2) is 41.5 Å². The summed E-state index contributed by atoms with van der Waals surface area (Å²) in [6, 6.07) is 3.45. The number of hydrogen-bond donors (Lipinski definition) is 3. The number of aromatic amines is 1. The van der Waals surface area contributed by atoms with Crippen LogP contribution in [0.15, 0.2) is 36.6 Å². The summed E-state index contributed by atoms with van der Waals surface area (Å²) in [5, 5.41) is 5.77. The van der Waals surface area contributed by atoms with Crippen LogP contribution in [0.25, 0.3) is 0 Å². The molecule has 1 unspecified atom stereocenters. The number of rotatable bonds is 3. The summed E-state index contributed by atoms with van der Waals surface area (Å²) in [5.41, 5.74) is 0.732. The zero-order valence-electron chi connectivity index (χ0n) is 12.9. The van der Waals surface area contributed by atoms with Crippen molar-refractivity contribution >= 4 is 5.91 Å². The Hall–Kier alpha value is -2.08. The van der Waals surface area contributed by atoms with Gasteiger partial charge in [-0.15, -0.1) is 0 Å². The number of nitrogens with zero attached hydrogens (tertiary/aromatic N) is 1. The van der Waals surface area contributed by atoms with Gasteiger partial charge in [0.1, 0.15) is 5.69 Å². The van der Waals surface area contributed by atoms with Gasteiger partial charge >= 0.3 is 0 Å². The number of hydrogen-bond acceptors (Lipinski definition) is 3. The summed E-state index contributed by atoms with van der Waals surface area (Å²) in [5.74, 6) is -1.38. The third-order valence-electron chi connectivity index (χ3n) is 5.12. The minimum atomic E-state index is -1.79. The van der Waals surface area contributed by atoms with Gasteiger partial charge in [-0.05, 0) is 62.3 Å². The summed E-state index contributed by atoms with van der Waals surface area (Å²) >= 11 is 0. The van der Waals surface area contributed by atoms with E-state index in [0.29, 0.717) is 17.3 Å². The monoisotopic (exact) mass is 316 g/mol. The summed E-state index contributed by atoms with van der Waals surface area (Å²) in [7, 11) is 0. The highest BCUT2D eigenvalue weighted by molar-refractivity contribution is 5.92. The van der Waals surface area contributed by atoms with E-state index in [0.717, 1.165) is 32.5 Å². The first kappa shape index (κ1) is 14.5. The van der Waals surface area contributed by atoms with Gasteiger partial charge in [-0.3, -0.25) is 4.79 Å². The molecule has 23 heavy (non-hydrogen) atoms. The van der Waals surface area contributed by atoms with Crippen molar-refractivity contribution in [3.05, 3.63) is 47.9 Å². The maximum Gasteiger partial charge on any atom is 0.267 e. The van der Waals surface area contributed by atoms with Crippen molar-refractivity contribution in [1.82, 2.24) is 20.5 Å². The summed E-state index contributed by atoms with van der Waals surface area (Å²) in [4.78, 5) is 17.8. The van der Waals surface area contributed by atoms with E-state index < -0.39 is 5.79 Å². The van der Waals surface area contributed by atoms with Gasteiger partial charge in [0.25, 0.3) is 5.91 Å². The number of halogens is 1. The number of piperidine rings is 3. The first-order chi connectivity index (χ1) is 11.1. The molecule has 0 aliphatic carbocycles. The highest BCUT2D eigenvalue weighted by atomic mass is 19.1. The number of amides is 1. The molecule has 5 heterocycles. The van der Waals surface area contributed by atoms with Gasteiger partial charge < -0.3 is 20.5 Å². The molecule has 5 nitrogen and oxygen atoms in total. The summed E-state index contributed by atoms with van der Waals surface area (Å²) < 4.78 is 14.7. The number of fused-ring (bicyclic) bond motifs is 3. The lowest BCUT2D eigenvalue weighted by molar-refractivity contribution is 0.0618. The van der Waals surface area contributed by atoms with E-state index in [4.69, 9.17) is 0 Å². The minimum absolute atomic E-state index is 0.158. The molecule has 4 aliphatic rings. The average molecular weight is 316 g/mol. The largest absolute Gasteiger partial charge is 0.352 e. The van der Waals surface area contributed by atoms with E-state index in [9.17, 15) is 9.18 Å². The summed E-state index contributed by atoms with van der Waals surface area (Å²) in [6.07, 6.45) is 8.64. The highest BCUT2D eigenvalue weighted by Crippen LogP contribution is 2.28. The normalized spacial score (nSPS) is 35.1. The molecule has 2 atom stereocenters. The smallest absolute Gasteiger partial charge is 0.267 e. The second-order valence-corrected chi connectivity index (χ2v) is 6.58. The molecule has 0 radical (unpaired) electrons. The molecule has 0 aromatic carbocycles. The van der Waals surface area contributed by atoms with Gasteiger partial charge in [0.2, 0.25) is 5.79 Å². The molecular weight excluding hydrogens is 295 g/mol. The Labute approximate surface area is 134 Å². The molecule has 6 heteroatoms. The quantitative estimate of drug-likeness (QED) is 0.743. The lowest BCUT2D eigenvalue weighted by atomic mass is 9.84. The van der Waals surface area contributed by atoms with E-state index in [-0.39, 0.29) is 11.9 Å². The van der Waals surface area contributed by atoms with E-state index >= 15 is 0 Å². The SMILES string of the molecule is O=C(N[C@H]1CN2CCC1CC2)c1ccc(C2(F)C=CC=CN2)[nH]1. The molecular formula is C17H21FN4O. The van der Waals surface area contributed by atoms with Crippen LogP contribution in [0, 0.1) is 5.92 Å².